The van der Waals surface area contributed by atoms with Crippen molar-refractivity contribution < 1.29 is 4.74 Å². The summed E-state index contributed by atoms with van der Waals surface area (Å²) in [6, 6.07) is 16.1. The minimum absolute atomic E-state index is 0.486. The van der Waals surface area contributed by atoms with Crippen molar-refractivity contribution in [2.75, 3.05) is 0 Å². The van der Waals surface area contributed by atoms with Crippen molar-refractivity contribution in [2.24, 2.45) is 0 Å². The first-order chi connectivity index (χ1) is 11.3. The summed E-state index contributed by atoms with van der Waals surface area (Å²) in [5.74, 6) is 0.845. The minimum Gasteiger partial charge on any atom is -0.486 e. The van der Waals surface area contributed by atoms with E-state index in [4.69, 9.17) is 4.74 Å². The molecule has 2 heterocycles. The Morgan fingerprint density at radius 1 is 1.13 bits per heavy atom. The fourth-order valence-electron chi connectivity index (χ4n) is 2.51. The Labute approximate surface area is 138 Å². The lowest BCUT2D eigenvalue weighted by molar-refractivity contribution is 0.305. The van der Waals surface area contributed by atoms with Gasteiger partial charge >= 0.3 is 0 Å². The van der Waals surface area contributed by atoms with E-state index in [9.17, 15) is 0 Å². The van der Waals surface area contributed by atoms with Crippen molar-refractivity contribution in [1.82, 2.24) is 14.8 Å². The van der Waals surface area contributed by atoms with E-state index < -0.39 is 0 Å². The molecule has 0 N–H and O–H groups in total. The van der Waals surface area contributed by atoms with E-state index >= 15 is 0 Å². The maximum absolute atomic E-state index is 5.89. The standard InChI is InChI=1S/C18H15N3OS/c1-13-11-14(7-8-16(13)21-10-4-9-19-21)22-12-18-20-15-5-2-3-6-17(15)23-18/h2-11H,12H2,1H3. The molecule has 0 fully saturated rings. The van der Waals surface area contributed by atoms with Gasteiger partial charge in [0.25, 0.3) is 0 Å². The average Bonchev–Trinajstić information content (AvgIpc) is 3.22. The first-order valence-corrected chi connectivity index (χ1v) is 8.19. The summed E-state index contributed by atoms with van der Waals surface area (Å²) < 4.78 is 8.94. The first-order valence-electron chi connectivity index (χ1n) is 7.37. The van der Waals surface area contributed by atoms with Gasteiger partial charge in [-0.15, -0.1) is 11.3 Å². The lowest BCUT2D eigenvalue weighted by Gasteiger charge is -2.09. The lowest BCUT2D eigenvalue weighted by Crippen LogP contribution is -1.99. The zero-order valence-corrected chi connectivity index (χ0v) is 13.5. The Bertz CT molecular complexity index is 911. The highest BCUT2D eigenvalue weighted by atomic mass is 32.1. The van der Waals surface area contributed by atoms with Gasteiger partial charge in [0.05, 0.1) is 15.9 Å². The third-order valence-corrected chi connectivity index (χ3v) is 4.63. The summed E-state index contributed by atoms with van der Waals surface area (Å²) >= 11 is 1.67. The van der Waals surface area contributed by atoms with Gasteiger partial charge in [0.1, 0.15) is 17.4 Å². The molecule has 0 amide bonds. The Hall–Kier alpha value is -2.66. The largest absolute Gasteiger partial charge is 0.486 e. The van der Waals surface area contributed by atoms with E-state index in [0.29, 0.717) is 6.61 Å². The van der Waals surface area contributed by atoms with Crippen molar-refractivity contribution in [3.63, 3.8) is 0 Å². The normalized spacial score (nSPS) is 11.0. The second kappa shape index (κ2) is 5.85. The second-order valence-corrected chi connectivity index (χ2v) is 6.38. The molecule has 2 aromatic carbocycles. The van der Waals surface area contributed by atoms with Crippen LogP contribution in [0.2, 0.25) is 0 Å². The summed E-state index contributed by atoms with van der Waals surface area (Å²) in [6.07, 6.45) is 3.71. The number of thiazole rings is 1. The molecule has 0 bridgehead atoms. The number of rotatable bonds is 4. The zero-order chi connectivity index (χ0) is 15.6. The van der Waals surface area contributed by atoms with E-state index in [2.05, 4.69) is 23.1 Å². The molecular weight excluding hydrogens is 306 g/mol. The highest BCUT2D eigenvalue weighted by Gasteiger charge is 2.06. The van der Waals surface area contributed by atoms with E-state index in [1.807, 2.05) is 53.3 Å². The van der Waals surface area contributed by atoms with Crippen LogP contribution >= 0.6 is 11.3 Å². The molecule has 0 atom stereocenters. The van der Waals surface area contributed by atoms with Crippen molar-refractivity contribution in [3.8, 4) is 11.4 Å². The molecule has 4 rings (SSSR count). The van der Waals surface area contributed by atoms with Gasteiger partial charge in [-0.05, 0) is 48.9 Å². The van der Waals surface area contributed by atoms with Crippen molar-refractivity contribution in [3.05, 3.63) is 71.5 Å². The molecule has 0 unspecified atom stereocenters. The van der Waals surface area contributed by atoms with Gasteiger partial charge in [0.2, 0.25) is 0 Å². The minimum atomic E-state index is 0.486. The van der Waals surface area contributed by atoms with Gasteiger partial charge in [-0.3, -0.25) is 0 Å². The van der Waals surface area contributed by atoms with Crippen LogP contribution in [0.1, 0.15) is 10.6 Å². The average molecular weight is 321 g/mol. The lowest BCUT2D eigenvalue weighted by atomic mass is 10.2. The van der Waals surface area contributed by atoms with Crippen LogP contribution in [0.25, 0.3) is 15.9 Å². The summed E-state index contributed by atoms with van der Waals surface area (Å²) in [4.78, 5) is 4.59. The van der Waals surface area contributed by atoms with Gasteiger partial charge in [-0.2, -0.15) is 5.10 Å². The number of para-hydroxylation sites is 1. The van der Waals surface area contributed by atoms with Crippen LogP contribution in [0.5, 0.6) is 5.75 Å². The Morgan fingerprint density at radius 3 is 2.83 bits per heavy atom. The number of benzene rings is 2. The molecular formula is C18H15N3OS. The summed E-state index contributed by atoms with van der Waals surface area (Å²) in [7, 11) is 0. The van der Waals surface area contributed by atoms with Gasteiger partial charge in [-0.25, -0.2) is 9.67 Å². The van der Waals surface area contributed by atoms with E-state index in [1.165, 1.54) is 4.70 Å². The summed E-state index contributed by atoms with van der Waals surface area (Å²) in [6.45, 7) is 2.54. The Morgan fingerprint density at radius 2 is 2.04 bits per heavy atom. The third-order valence-electron chi connectivity index (χ3n) is 3.62. The third kappa shape index (κ3) is 2.83. The SMILES string of the molecule is Cc1cc(OCc2nc3ccccc3s2)ccc1-n1cccn1. The molecule has 0 saturated heterocycles. The van der Waals surface area contributed by atoms with Crippen LogP contribution in [-0.2, 0) is 6.61 Å². The van der Waals surface area contributed by atoms with Gasteiger partial charge < -0.3 is 4.74 Å². The molecule has 0 saturated carbocycles. The van der Waals surface area contributed by atoms with Crippen LogP contribution in [-0.4, -0.2) is 14.8 Å². The number of fused-ring (bicyclic) bond motifs is 1. The highest BCUT2D eigenvalue weighted by Crippen LogP contribution is 2.24. The number of aryl methyl sites for hydroxylation is 1. The fraction of sp³-hybridized carbons (Fsp3) is 0.111. The monoisotopic (exact) mass is 321 g/mol. The summed E-state index contributed by atoms with van der Waals surface area (Å²) in [5, 5.41) is 5.25. The quantitative estimate of drug-likeness (QED) is 0.560. The van der Waals surface area contributed by atoms with Crippen LogP contribution in [0.15, 0.2) is 60.9 Å². The van der Waals surface area contributed by atoms with Crippen LogP contribution in [0.3, 0.4) is 0 Å². The molecule has 0 aliphatic heterocycles. The van der Waals surface area contributed by atoms with Crippen molar-refractivity contribution in [2.45, 2.75) is 13.5 Å². The topological polar surface area (TPSA) is 39.9 Å². The Balaban J connectivity index is 1.51. The Kier molecular flexibility index (Phi) is 3.55. The highest BCUT2D eigenvalue weighted by molar-refractivity contribution is 7.18. The maximum atomic E-state index is 5.89. The number of nitrogens with zero attached hydrogens (tertiary/aromatic N) is 3. The maximum Gasteiger partial charge on any atom is 0.140 e. The number of ether oxygens (including phenoxy) is 1. The van der Waals surface area contributed by atoms with E-state index in [1.54, 1.807) is 17.5 Å². The molecule has 0 radical (unpaired) electrons. The van der Waals surface area contributed by atoms with Crippen molar-refractivity contribution >= 4 is 21.6 Å². The molecule has 5 heteroatoms. The predicted molar refractivity (Wildman–Crippen MR) is 92.3 cm³/mol. The molecule has 23 heavy (non-hydrogen) atoms. The molecule has 2 aromatic heterocycles. The number of hydrogen-bond acceptors (Lipinski definition) is 4. The zero-order valence-electron chi connectivity index (χ0n) is 12.6. The van der Waals surface area contributed by atoms with E-state index in [0.717, 1.165) is 27.5 Å². The number of aromatic nitrogens is 3. The second-order valence-electron chi connectivity index (χ2n) is 5.26. The van der Waals surface area contributed by atoms with Crippen LogP contribution in [0.4, 0.5) is 0 Å². The van der Waals surface area contributed by atoms with E-state index in [-0.39, 0.29) is 0 Å². The van der Waals surface area contributed by atoms with Crippen LogP contribution in [0, 0.1) is 6.92 Å². The van der Waals surface area contributed by atoms with Gasteiger partial charge in [0.15, 0.2) is 0 Å². The first kappa shape index (κ1) is 14.0. The fourth-order valence-corrected chi connectivity index (χ4v) is 3.39. The molecule has 4 nitrogen and oxygen atoms in total. The molecule has 0 aliphatic carbocycles. The predicted octanol–water partition coefficient (Wildman–Crippen LogP) is 4.37. The smallest absolute Gasteiger partial charge is 0.140 e. The van der Waals surface area contributed by atoms with Gasteiger partial charge in [0, 0.05) is 12.4 Å². The van der Waals surface area contributed by atoms with Gasteiger partial charge in [-0.1, -0.05) is 12.1 Å². The molecule has 0 aliphatic rings. The number of hydrogen-bond donors (Lipinski definition) is 0. The molecule has 4 aromatic rings. The van der Waals surface area contributed by atoms with Crippen molar-refractivity contribution in [1.29, 1.82) is 0 Å². The van der Waals surface area contributed by atoms with Crippen LogP contribution < -0.4 is 4.74 Å². The molecule has 0 spiro atoms. The molecule has 114 valence electrons. The summed E-state index contributed by atoms with van der Waals surface area (Å²) in [5.41, 5.74) is 3.21.